The molecule has 2 aliphatic carbocycles. The molecule has 1 saturated heterocycles. The molecule has 6 rings (SSSR count). The number of benzene rings is 2. The van der Waals surface area contributed by atoms with Crippen LogP contribution in [0, 0.1) is 11.2 Å². The number of fused-ring (bicyclic) bond motifs is 3. The van der Waals surface area contributed by atoms with Gasteiger partial charge in [0.25, 0.3) is 0 Å². The van der Waals surface area contributed by atoms with Gasteiger partial charge in [0.1, 0.15) is 5.82 Å². The summed E-state index contributed by atoms with van der Waals surface area (Å²) in [5, 5.41) is 4.72. The highest BCUT2D eigenvalue weighted by atomic mass is 19.1. The number of hydrogen-bond donors (Lipinski definition) is 0. The highest BCUT2D eigenvalue weighted by molar-refractivity contribution is 5.62. The SMILES string of the molecule is Fc1ccc(-n2ncc3c2C=C2CCCC4(OCCO4)C2(CCCCCCc2ccccc2)C3)cc1. The minimum atomic E-state index is -0.517. The molecular formula is C31H35FN2O2. The molecule has 3 aromatic rings. The van der Waals surface area contributed by atoms with Crippen molar-refractivity contribution < 1.29 is 13.9 Å². The zero-order chi connectivity index (χ0) is 24.4. The second-order valence-electron chi connectivity index (χ2n) is 10.6. The molecule has 3 aliphatic rings. The van der Waals surface area contributed by atoms with Crippen LogP contribution in [0.3, 0.4) is 0 Å². The van der Waals surface area contributed by atoms with E-state index in [1.165, 1.54) is 54.5 Å². The summed E-state index contributed by atoms with van der Waals surface area (Å²) < 4.78 is 28.4. The van der Waals surface area contributed by atoms with E-state index in [2.05, 4.69) is 36.4 Å². The molecule has 36 heavy (non-hydrogen) atoms. The van der Waals surface area contributed by atoms with Crippen molar-refractivity contribution in [2.24, 2.45) is 5.41 Å². The first-order chi connectivity index (χ1) is 17.7. The zero-order valence-corrected chi connectivity index (χ0v) is 20.9. The number of rotatable bonds is 8. The highest BCUT2D eigenvalue weighted by Crippen LogP contribution is 2.59. The van der Waals surface area contributed by atoms with Crippen molar-refractivity contribution in [1.82, 2.24) is 9.78 Å². The molecule has 0 amide bonds. The molecule has 0 N–H and O–H groups in total. The summed E-state index contributed by atoms with van der Waals surface area (Å²) in [6.45, 7) is 1.35. The molecule has 1 spiro atoms. The smallest absolute Gasteiger partial charge is 0.178 e. The van der Waals surface area contributed by atoms with Crippen LogP contribution in [0.4, 0.5) is 4.39 Å². The summed E-state index contributed by atoms with van der Waals surface area (Å²) in [6, 6.07) is 17.4. The maximum Gasteiger partial charge on any atom is 0.178 e. The Kier molecular flexibility index (Phi) is 6.53. The highest BCUT2D eigenvalue weighted by Gasteiger charge is 2.59. The summed E-state index contributed by atoms with van der Waals surface area (Å²) in [4.78, 5) is 0. The number of aryl methyl sites for hydroxylation is 1. The van der Waals surface area contributed by atoms with Crippen LogP contribution in [-0.2, 0) is 22.3 Å². The normalized spacial score (nSPS) is 22.3. The predicted molar refractivity (Wildman–Crippen MR) is 139 cm³/mol. The molecule has 2 fully saturated rings. The van der Waals surface area contributed by atoms with Gasteiger partial charge in [0.15, 0.2) is 5.79 Å². The van der Waals surface area contributed by atoms with E-state index >= 15 is 0 Å². The molecule has 188 valence electrons. The Morgan fingerprint density at radius 2 is 1.69 bits per heavy atom. The zero-order valence-electron chi connectivity index (χ0n) is 20.9. The van der Waals surface area contributed by atoms with Crippen LogP contribution in [0.1, 0.15) is 68.2 Å². The Hall–Kier alpha value is -2.76. The van der Waals surface area contributed by atoms with Crippen molar-refractivity contribution in [1.29, 1.82) is 0 Å². The van der Waals surface area contributed by atoms with E-state index in [-0.39, 0.29) is 11.2 Å². The largest absolute Gasteiger partial charge is 0.347 e. The van der Waals surface area contributed by atoms with Gasteiger partial charge in [-0.2, -0.15) is 5.10 Å². The molecule has 1 unspecified atom stereocenters. The van der Waals surface area contributed by atoms with E-state index in [9.17, 15) is 4.39 Å². The van der Waals surface area contributed by atoms with Crippen LogP contribution >= 0.6 is 0 Å². The van der Waals surface area contributed by atoms with Gasteiger partial charge in [-0.1, -0.05) is 55.2 Å². The summed E-state index contributed by atoms with van der Waals surface area (Å²) in [5.41, 5.74) is 5.97. The van der Waals surface area contributed by atoms with Crippen LogP contribution in [0.5, 0.6) is 0 Å². The summed E-state index contributed by atoms with van der Waals surface area (Å²) >= 11 is 0. The Labute approximate surface area is 213 Å². The number of nitrogens with zero attached hydrogens (tertiary/aromatic N) is 2. The summed E-state index contributed by atoms with van der Waals surface area (Å²) in [7, 11) is 0. The van der Waals surface area contributed by atoms with Crippen LogP contribution in [0.15, 0.2) is 66.4 Å². The molecule has 2 heterocycles. The quantitative estimate of drug-likeness (QED) is 0.320. The lowest BCUT2D eigenvalue weighted by molar-refractivity contribution is -0.241. The van der Waals surface area contributed by atoms with Gasteiger partial charge in [0, 0.05) is 11.8 Å². The van der Waals surface area contributed by atoms with Crippen molar-refractivity contribution in [2.45, 2.75) is 70.0 Å². The Morgan fingerprint density at radius 1 is 0.917 bits per heavy atom. The first-order valence-corrected chi connectivity index (χ1v) is 13.5. The van der Waals surface area contributed by atoms with E-state index in [1.54, 1.807) is 12.1 Å². The summed E-state index contributed by atoms with van der Waals surface area (Å²) in [5.74, 6) is -0.748. The van der Waals surface area contributed by atoms with E-state index in [4.69, 9.17) is 14.6 Å². The second kappa shape index (κ2) is 9.95. The molecule has 1 aliphatic heterocycles. The van der Waals surface area contributed by atoms with E-state index in [0.29, 0.717) is 13.2 Å². The van der Waals surface area contributed by atoms with Gasteiger partial charge in [0.2, 0.25) is 0 Å². The topological polar surface area (TPSA) is 36.3 Å². The molecule has 1 atom stereocenters. The minimum absolute atomic E-state index is 0.134. The summed E-state index contributed by atoms with van der Waals surface area (Å²) in [6.07, 6.45) is 15.4. The van der Waals surface area contributed by atoms with E-state index in [0.717, 1.165) is 49.9 Å². The average molecular weight is 487 g/mol. The maximum absolute atomic E-state index is 13.5. The molecule has 0 bridgehead atoms. The lowest BCUT2D eigenvalue weighted by atomic mass is 9.58. The average Bonchev–Trinajstić information content (AvgIpc) is 3.54. The molecule has 0 radical (unpaired) electrons. The fourth-order valence-corrected chi connectivity index (χ4v) is 6.72. The fraction of sp³-hybridized carbons (Fsp3) is 0.452. The molecular weight excluding hydrogens is 451 g/mol. The number of aromatic nitrogens is 2. The third-order valence-corrected chi connectivity index (χ3v) is 8.47. The molecule has 1 aromatic heterocycles. The van der Waals surface area contributed by atoms with Crippen LogP contribution in [0.2, 0.25) is 0 Å². The van der Waals surface area contributed by atoms with Gasteiger partial charge in [-0.25, -0.2) is 9.07 Å². The number of unbranched alkanes of at least 4 members (excludes halogenated alkanes) is 3. The van der Waals surface area contributed by atoms with Crippen LogP contribution in [-0.4, -0.2) is 28.8 Å². The Balaban J connectivity index is 1.22. The Morgan fingerprint density at radius 3 is 2.50 bits per heavy atom. The van der Waals surface area contributed by atoms with Crippen LogP contribution in [0.25, 0.3) is 11.8 Å². The first-order valence-electron chi connectivity index (χ1n) is 13.5. The van der Waals surface area contributed by atoms with Crippen molar-refractivity contribution in [2.75, 3.05) is 13.2 Å². The lowest BCUT2D eigenvalue weighted by Gasteiger charge is -2.53. The predicted octanol–water partition coefficient (Wildman–Crippen LogP) is 7.06. The molecule has 1 saturated carbocycles. The monoisotopic (exact) mass is 486 g/mol. The van der Waals surface area contributed by atoms with Gasteiger partial charge >= 0.3 is 0 Å². The number of hydrogen-bond acceptors (Lipinski definition) is 3. The van der Waals surface area contributed by atoms with Crippen molar-refractivity contribution in [3.8, 4) is 5.69 Å². The molecule has 5 heteroatoms. The maximum atomic E-state index is 13.5. The van der Waals surface area contributed by atoms with Gasteiger partial charge in [-0.15, -0.1) is 0 Å². The standard InChI is InChI=1S/C31H35FN2O2/c32-27-13-15-28(16-14-27)34-29-21-26-12-8-18-31(35-19-20-36-31)30(26,22-25(29)23-33-34)17-7-2-1-4-9-24-10-5-3-6-11-24/h3,5-6,10-11,13-16,21,23H,1-2,4,7-9,12,17-20,22H2. The van der Waals surface area contributed by atoms with Gasteiger partial charge in [-0.05, 0) is 80.0 Å². The third-order valence-electron chi connectivity index (χ3n) is 8.47. The number of ether oxygens (including phenoxy) is 2. The van der Waals surface area contributed by atoms with Crippen molar-refractivity contribution in [3.63, 3.8) is 0 Å². The van der Waals surface area contributed by atoms with Gasteiger partial charge in [-0.3, -0.25) is 0 Å². The fourth-order valence-electron chi connectivity index (χ4n) is 6.72. The minimum Gasteiger partial charge on any atom is -0.347 e. The second-order valence-corrected chi connectivity index (χ2v) is 10.6. The van der Waals surface area contributed by atoms with Crippen LogP contribution < -0.4 is 0 Å². The third kappa shape index (κ3) is 4.22. The number of halogens is 1. The van der Waals surface area contributed by atoms with E-state index < -0.39 is 5.79 Å². The van der Waals surface area contributed by atoms with Crippen molar-refractivity contribution in [3.05, 3.63) is 89.0 Å². The first kappa shape index (κ1) is 23.6. The lowest BCUT2D eigenvalue weighted by Crippen LogP contribution is -2.55. The van der Waals surface area contributed by atoms with Gasteiger partial charge in [0.05, 0.1) is 30.8 Å². The molecule has 4 nitrogen and oxygen atoms in total. The van der Waals surface area contributed by atoms with E-state index in [1.807, 2.05) is 10.9 Å². The van der Waals surface area contributed by atoms with Crippen molar-refractivity contribution >= 4 is 6.08 Å². The molecule has 2 aromatic carbocycles. The Bertz CT molecular complexity index is 1210. The van der Waals surface area contributed by atoms with Gasteiger partial charge < -0.3 is 9.47 Å².